The Morgan fingerprint density at radius 2 is 1.73 bits per heavy atom. The summed E-state index contributed by atoms with van der Waals surface area (Å²) in [4.78, 5) is 23.4. The summed E-state index contributed by atoms with van der Waals surface area (Å²) in [6.45, 7) is 0. The fourth-order valence-electron chi connectivity index (χ4n) is 3.40. The highest BCUT2D eigenvalue weighted by Gasteiger charge is 2.50. The van der Waals surface area contributed by atoms with E-state index in [1.165, 1.54) is 12.1 Å². The van der Waals surface area contributed by atoms with Gasteiger partial charge >= 0.3 is 0 Å². The van der Waals surface area contributed by atoms with Gasteiger partial charge in [0.05, 0.1) is 11.0 Å². The third-order valence-electron chi connectivity index (χ3n) is 4.40. The van der Waals surface area contributed by atoms with Gasteiger partial charge < -0.3 is 0 Å². The summed E-state index contributed by atoms with van der Waals surface area (Å²) in [6.07, 6.45) is 1.54. The number of hydrogen-bond donors (Lipinski definition) is 1. The first-order valence-corrected chi connectivity index (χ1v) is 8.63. The average molecular weight is 323 g/mol. The van der Waals surface area contributed by atoms with Crippen LogP contribution in [0.3, 0.4) is 0 Å². The second-order valence-electron chi connectivity index (χ2n) is 5.93. The first kappa shape index (κ1) is 15.2. The Morgan fingerprint density at radius 1 is 1.09 bits per heavy atom. The molecule has 1 aliphatic heterocycles. The van der Waals surface area contributed by atoms with E-state index >= 15 is 0 Å². The normalized spacial score (nSPS) is 24.5. The van der Waals surface area contributed by atoms with Crippen molar-refractivity contribution in [3.05, 3.63) is 30.3 Å². The molecule has 0 aromatic heterocycles. The number of amides is 2. The van der Waals surface area contributed by atoms with Crippen LogP contribution in [0.4, 0.5) is 0 Å². The van der Waals surface area contributed by atoms with E-state index in [1.54, 1.807) is 18.2 Å². The third kappa shape index (κ3) is 2.78. The van der Waals surface area contributed by atoms with Crippen molar-refractivity contribution < 1.29 is 22.2 Å². The van der Waals surface area contributed by atoms with Crippen LogP contribution in [0.2, 0.25) is 0 Å². The Kier molecular flexibility index (Phi) is 3.78. The monoisotopic (exact) mass is 323 g/mol. The molecule has 0 radical (unpaired) electrons. The smallest absolute Gasteiger partial charge is 0.296 e. The highest BCUT2D eigenvalue weighted by atomic mass is 32.2. The SMILES string of the molecule is O=C1CC2(CCCC2OS(=O)(=O)c2ccccc2)CC(=O)N1. The molecule has 2 amide bonds. The fourth-order valence-corrected chi connectivity index (χ4v) is 4.61. The maximum absolute atomic E-state index is 12.4. The predicted molar refractivity (Wildman–Crippen MR) is 77.2 cm³/mol. The van der Waals surface area contributed by atoms with E-state index < -0.39 is 21.6 Å². The topological polar surface area (TPSA) is 89.5 Å². The molecule has 1 saturated carbocycles. The van der Waals surface area contributed by atoms with E-state index in [9.17, 15) is 18.0 Å². The van der Waals surface area contributed by atoms with E-state index in [-0.39, 0.29) is 29.6 Å². The van der Waals surface area contributed by atoms with Gasteiger partial charge in [0.25, 0.3) is 10.1 Å². The summed E-state index contributed by atoms with van der Waals surface area (Å²) in [7, 11) is -3.90. The van der Waals surface area contributed by atoms with Crippen LogP contribution >= 0.6 is 0 Å². The standard InChI is InChI=1S/C15H17NO5S/c17-13-9-15(10-14(18)16-13)8-4-7-12(15)21-22(19,20)11-5-2-1-3-6-11/h1-3,5-6,12H,4,7-10H2,(H,16,17,18). The van der Waals surface area contributed by atoms with Gasteiger partial charge in [-0.05, 0) is 25.0 Å². The average Bonchev–Trinajstić information content (AvgIpc) is 2.80. The van der Waals surface area contributed by atoms with E-state index in [0.717, 1.165) is 6.42 Å². The Hall–Kier alpha value is -1.73. The van der Waals surface area contributed by atoms with Gasteiger partial charge in [0.15, 0.2) is 0 Å². The molecular formula is C15H17NO5S. The Bertz CT molecular complexity index is 682. The first-order valence-electron chi connectivity index (χ1n) is 7.22. The maximum atomic E-state index is 12.4. The minimum Gasteiger partial charge on any atom is -0.296 e. The lowest BCUT2D eigenvalue weighted by molar-refractivity contribution is -0.140. The first-order chi connectivity index (χ1) is 10.4. The zero-order valence-electron chi connectivity index (χ0n) is 11.9. The summed E-state index contributed by atoms with van der Waals surface area (Å²) < 4.78 is 30.2. The van der Waals surface area contributed by atoms with E-state index in [1.807, 2.05) is 0 Å². The molecule has 1 aromatic rings. The number of rotatable bonds is 3. The molecule has 118 valence electrons. The highest BCUT2D eigenvalue weighted by Crippen LogP contribution is 2.48. The van der Waals surface area contributed by atoms with E-state index in [4.69, 9.17) is 4.18 Å². The molecule has 1 saturated heterocycles. The molecule has 1 atom stereocenters. The van der Waals surface area contributed by atoms with Crippen LogP contribution < -0.4 is 5.32 Å². The zero-order chi connectivity index (χ0) is 15.8. The minimum atomic E-state index is -3.90. The van der Waals surface area contributed by atoms with Gasteiger partial charge in [-0.15, -0.1) is 0 Å². The van der Waals surface area contributed by atoms with Crippen molar-refractivity contribution >= 4 is 21.9 Å². The fraction of sp³-hybridized carbons (Fsp3) is 0.467. The van der Waals surface area contributed by atoms with Crippen molar-refractivity contribution in [3.63, 3.8) is 0 Å². The Balaban J connectivity index is 1.85. The summed E-state index contributed by atoms with van der Waals surface area (Å²) in [6, 6.07) is 7.90. The molecule has 0 bridgehead atoms. The Morgan fingerprint density at radius 3 is 2.36 bits per heavy atom. The molecule has 1 heterocycles. The van der Waals surface area contributed by atoms with E-state index in [2.05, 4.69) is 5.32 Å². The molecular weight excluding hydrogens is 306 g/mol. The number of carbonyl (C=O) groups is 2. The van der Waals surface area contributed by atoms with Crippen molar-refractivity contribution in [2.45, 2.75) is 43.1 Å². The minimum absolute atomic E-state index is 0.0867. The molecule has 1 N–H and O–H groups in total. The van der Waals surface area contributed by atoms with Crippen molar-refractivity contribution in [2.75, 3.05) is 0 Å². The summed E-state index contributed by atoms with van der Waals surface area (Å²) in [5.41, 5.74) is -0.693. The van der Waals surface area contributed by atoms with Crippen LogP contribution in [0.25, 0.3) is 0 Å². The van der Waals surface area contributed by atoms with Crippen LogP contribution in [0.1, 0.15) is 32.1 Å². The van der Waals surface area contributed by atoms with Crippen molar-refractivity contribution in [2.24, 2.45) is 5.41 Å². The van der Waals surface area contributed by atoms with Gasteiger partial charge in [-0.1, -0.05) is 24.6 Å². The van der Waals surface area contributed by atoms with Gasteiger partial charge in [-0.25, -0.2) is 0 Å². The zero-order valence-corrected chi connectivity index (χ0v) is 12.8. The molecule has 1 aromatic carbocycles. The molecule has 2 aliphatic rings. The molecule has 1 spiro atoms. The lowest BCUT2D eigenvalue weighted by Gasteiger charge is -2.36. The number of benzene rings is 1. The van der Waals surface area contributed by atoms with Gasteiger partial charge in [0.2, 0.25) is 11.8 Å². The summed E-state index contributed by atoms with van der Waals surface area (Å²) in [5.74, 6) is -0.715. The maximum Gasteiger partial charge on any atom is 0.297 e. The largest absolute Gasteiger partial charge is 0.297 e. The molecule has 6 nitrogen and oxygen atoms in total. The van der Waals surface area contributed by atoms with Crippen LogP contribution in [0.15, 0.2) is 35.2 Å². The summed E-state index contributed by atoms with van der Waals surface area (Å²) in [5, 5.41) is 2.26. The van der Waals surface area contributed by atoms with Gasteiger partial charge in [-0.3, -0.25) is 19.1 Å². The molecule has 7 heteroatoms. The van der Waals surface area contributed by atoms with Gasteiger partial charge in [0, 0.05) is 18.3 Å². The number of carbonyl (C=O) groups excluding carboxylic acids is 2. The van der Waals surface area contributed by atoms with Crippen LogP contribution in [0, 0.1) is 5.41 Å². The number of piperidine rings is 1. The van der Waals surface area contributed by atoms with Gasteiger partial charge in [0.1, 0.15) is 0 Å². The van der Waals surface area contributed by atoms with Crippen LogP contribution in [-0.4, -0.2) is 26.3 Å². The second-order valence-corrected chi connectivity index (χ2v) is 7.50. The number of imide groups is 1. The van der Waals surface area contributed by atoms with Crippen molar-refractivity contribution in [1.82, 2.24) is 5.32 Å². The highest BCUT2D eigenvalue weighted by molar-refractivity contribution is 7.86. The molecule has 22 heavy (non-hydrogen) atoms. The van der Waals surface area contributed by atoms with Crippen molar-refractivity contribution in [1.29, 1.82) is 0 Å². The predicted octanol–water partition coefficient (Wildman–Crippen LogP) is 1.37. The lowest BCUT2D eigenvalue weighted by Crippen LogP contribution is -2.48. The number of hydrogen-bond acceptors (Lipinski definition) is 5. The van der Waals surface area contributed by atoms with Gasteiger partial charge in [-0.2, -0.15) is 8.42 Å². The van der Waals surface area contributed by atoms with E-state index in [0.29, 0.717) is 12.8 Å². The van der Waals surface area contributed by atoms with Crippen LogP contribution in [-0.2, 0) is 23.9 Å². The van der Waals surface area contributed by atoms with Crippen molar-refractivity contribution in [3.8, 4) is 0 Å². The Labute approximate surface area is 129 Å². The third-order valence-corrected chi connectivity index (χ3v) is 5.74. The molecule has 1 aliphatic carbocycles. The second kappa shape index (κ2) is 5.48. The quantitative estimate of drug-likeness (QED) is 0.670. The summed E-state index contributed by atoms with van der Waals surface area (Å²) >= 11 is 0. The lowest BCUT2D eigenvalue weighted by atomic mass is 9.75. The molecule has 3 rings (SSSR count). The van der Waals surface area contributed by atoms with Crippen LogP contribution in [0.5, 0.6) is 0 Å². The molecule has 2 fully saturated rings. The molecule has 1 unspecified atom stereocenters. The number of nitrogens with one attached hydrogen (secondary N) is 1.